The van der Waals surface area contributed by atoms with Gasteiger partial charge in [-0.2, -0.15) is 0 Å². The average molecular weight is 373 g/mol. The minimum Gasteiger partial charge on any atom is -0.484 e. The van der Waals surface area contributed by atoms with Gasteiger partial charge in [-0.1, -0.05) is 24.6 Å². The van der Waals surface area contributed by atoms with Gasteiger partial charge in [0.05, 0.1) is 0 Å². The van der Waals surface area contributed by atoms with Gasteiger partial charge in [-0.05, 0) is 57.6 Å². The average Bonchev–Trinajstić information content (AvgIpc) is 2.72. The topological polar surface area (TPSA) is 49.9 Å². The highest BCUT2D eigenvalue weighted by Crippen LogP contribution is 2.26. The van der Waals surface area contributed by atoms with Crippen LogP contribution < -0.4 is 4.74 Å². The van der Waals surface area contributed by atoms with Gasteiger partial charge in [-0.25, -0.2) is 0 Å². The summed E-state index contributed by atoms with van der Waals surface area (Å²) in [6.07, 6.45) is 6.06. The van der Waals surface area contributed by atoms with Crippen molar-refractivity contribution in [3.8, 4) is 5.75 Å². The van der Waals surface area contributed by atoms with Crippen LogP contribution in [0, 0.1) is 12.8 Å². The fraction of sp³-hybridized carbons (Fsp3) is 0.636. The zero-order valence-electron chi connectivity index (χ0n) is 16.7. The summed E-state index contributed by atoms with van der Waals surface area (Å²) >= 11 is 0. The van der Waals surface area contributed by atoms with Crippen LogP contribution >= 0.6 is 0 Å². The van der Waals surface area contributed by atoms with Crippen LogP contribution in [0.4, 0.5) is 0 Å². The molecular formula is C22H32N2O3. The second-order valence-electron chi connectivity index (χ2n) is 7.85. The Morgan fingerprint density at radius 3 is 2.41 bits per heavy atom. The summed E-state index contributed by atoms with van der Waals surface area (Å²) in [6, 6.07) is 8.13. The Bertz CT molecular complexity index is 635. The molecule has 3 rings (SSSR count). The lowest BCUT2D eigenvalue weighted by Gasteiger charge is -2.39. The Kier molecular flexibility index (Phi) is 6.75. The third kappa shape index (κ3) is 5.02. The first-order chi connectivity index (χ1) is 13.1. The second-order valence-corrected chi connectivity index (χ2v) is 7.85. The van der Waals surface area contributed by atoms with Crippen molar-refractivity contribution in [3.63, 3.8) is 0 Å². The number of likely N-dealkylation sites (tertiary alicyclic amines) is 2. The molecular weight excluding hydrogens is 340 g/mol. The maximum atomic E-state index is 12.9. The predicted octanol–water partition coefficient (Wildman–Crippen LogP) is 3.40. The number of nitrogens with zero attached hydrogens (tertiary/aromatic N) is 2. The molecule has 2 fully saturated rings. The van der Waals surface area contributed by atoms with Crippen LogP contribution in [0.1, 0.15) is 51.0 Å². The second kappa shape index (κ2) is 9.25. The summed E-state index contributed by atoms with van der Waals surface area (Å²) in [6.45, 7) is 6.46. The molecule has 0 N–H and O–H groups in total. The zero-order valence-corrected chi connectivity index (χ0v) is 16.7. The van der Waals surface area contributed by atoms with Crippen molar-refractivity contribution in [3.05, 3.63) is 29.8 Å². The van der Waals surface area contributed by atoms with Gasteiger partial charge in [0.1, 0.15) is 5.75 Å². The van der Waals surface area contributed by atoms with Crippen molar-refractivity contribution < 1.29 is 14.3 Å². The molecule has 1 aromatic carbocycles. The number of benzene rings is 1. The van der Waals surface area contributed by atoms with E-state index in [1.165, 1.54) is 12.0 Å². The molecule has 148 valence electrons. The summed E-state index contributed by atoms with van der Waals surface area (Å²) in [7, 11) is 0. The number of carbonyl (C=O) groups excluding carboxylic acids is 2. The first kappa shape index (κ1) is 19.7. The van der Waals surface area contributed by atoms with Gasteiger partial charge in [0, 0.05) is 31.6 Å². The number of piperidine rings is 2. The van der Waals surface area contributed by atoms with Crippen molar-refractivity contribution in [2.75, 3.05) is 26.2 Å². The molecule has 2 aliphatic heterocycles. The van der Waals surface area contributed by atoms with Crippen molar-refractivity contribution in [1.29, 1.82) is 0 Å². The highest BCUT2D eigenvalue weighted by Gasteiger charge is 2.33. The van der Waals surface area contributed by atoms with E-state index in [-0.39, 0.29) is 18.4 Å². The molecule has 0 bridgehead atoms. The Labute approximate surface area is 162 Å². The molecule has 0 saturated carbocycles. The fourth-order valence-corrected chi connectivity index (χ4v) is 4.20. The van der Waals surface area contributed by atoms with E-state index in [0.717, 1.165) is 44.4 Å². The van der Waals surface area contributed by atoms with E-state index in [9.17, 15) is 9.59 Å². The van der Waals surface area contributed by atoms with Crippen LogP contribution in [0.2, 0.25) is 0 Å². The molecule has 2 heterocycles. The Balaban J connectivity index is 1.45. The van der Waals surface area contributed by atoms with Gasteiger partial charge in [-0.3, -0.25) is 9.59 Å². The minimum atomic E-state index is 0.00545. The molecule has 1 aromatic rings. The number of amides is 2. The number of carbonyl (C=O) groups is 2. The first-order valence-corrected chi connectivity index (χ1v) is 10.4. The van der Waals surface area contributed by atoms with Crippen molar-refractivity contribution in [2.45, 2.75) is 58.4 Å². The lowest BCUT2D eigenvalue weighted by Crippen LogP contribution is -2.49. The Morgan fingerprint density at radius 1 is 1.04 bits per heavy atom. The van der Waals surface area contributed by atoms with Gasteiger partial charge < -0.3 is 14.5 Å². The van der Waals surface area contributed by atoms with E-state index < -0.39 is 0 Å². The van der Waals surface area contributed by atoms with Gasteiger partial charge >= 0.3 is 0 Å². The molecule has 1 unspecified atom stereocenters. The molecule has 0 radical (unpaired) electrons. The van der Waals surface area contributed by atoms with Crippen LogP contribution in [0.5, 0.6) is 5.75 Å². The third-order valence-corrected chi connectivity index (χ3v) is 5.96. The van der Waals surface area contributed by atoms with Crippen molar-refractivity contribution in [2.24, 2.45) is 5.92 Å². The summed E-state index contributed by atoms with van der Waals surface area (Å²) in [5.74, 6) is 1.10. The minimum absolute atomic E-state index is 0.00545. The summed E-state index contributed by atoms with van der Waals surface area (Å²) in [5.41, 5.74) is 1.17. The standard InChI is InChI=1S/C22H32N2O3/c1-3-19-6-4-5-13-24(19)22(26)18-11-14-23(15-12-18)21(25)16-27-20-9-7-17(2)8-10-20/h7-10,18-19H,3-6,11-16H2,1-2H3. The van der Waals surface area contributed by atoms with E-state index in [1.54, 1.807) is 0 Å². The molecule has 2 amide bonds. The molecule has 2 aliphatic rings. The summed E-state index contributed by atoms with van der Waals surface area (Å²) in [4.78, 5) is 29.3. The first-order valence-electron chi connectivity index (χ1n) is 10.4. The summed E-state index contributed by atoms with van der Waals surface area (Å²) < 4.78 is 5.61. The zero-order chi connectivity index (χ0) is 19.2. The number of hydrogen-bond donors (Lipinski definition) is 0. The quantitative estimate of drug-likeness (QED) is 0.796. The molecule has 1 atom stereocenters. The fourth-order valence-electron chi connectivity index (χ4n) is 4.20. The van der Waals surface area contributed by atoms with E-state index in [0.29, 0.717) is 25.0 Å². The predicted molar refractivity (Wildman–Crippen MR) is 106 cm³/mol. The SMILES string of the molecule is CCC1CCCCN1C(=O)C1CCN(C(=O)COc2ccc(C)cc2)CC1. The van der Waals surface area contributed by atoms with Crippen LogP contribution in [0.15, 0.2) is 24.3 Å². The van der Waals surface area contributed by atoms with Crippen LogP contribution in [0.3, 0.4) is 0 Å². The van der Waals surface area contributed by atoms with Crippen LogP contribution in [0.25, 0.3) is 0 Å². The van der Waals surface area contributed by atoms with Gasteiger partial charge in [0.15, 0.2) is 6.61 Å². The van der Waals surface area contributed by atoms with Crippen molar-refractivity contribution >= 4 is 11.8 Å². The number of rotatable bonds is 5. The van der Waals surface area contributed by atoms with E-state index in [4.69, 9.17) is 4.74 Å². The largest absolute Gasteiger partial charge is 0.484 e. The smallest absolute Gasteiger partial charge is 0.260 e. The molecule has 27 heavy (non-hydrogen) atoms. The summed E-state index contributed by atoms with van der Waals surface area (Å²) in [5, 5.41) is 0. The molecule has 0 aromatic heterocycles. The van der Waals surface area contributed by atoms with Crippen LogP contribution in [-0.4, -0.2) is 53.9 Å². The third-order valence-electron chi connectivity index (χ3n) is 5.96. The van der Waals surface area contributed by atoms with Crippen LogP contribution in [-0.2, 0) is 9.59 Å². The monoisotopic (exact) mass is 372 g/mol. The lowest BCUT2D eigenvalue weighted by molar-refractivity contribution is -0.144. The molecule has 5 heteroatoms. The van der Waals surface area contributed by atoms with E-state index in [2.05, 4.69) is 11.8 Å². The van der Waals surface area contributed by atoms with E-state index >= 15 is 0 Å². The maximum Gasteiger partial charge on any atom is 0.260 e. The van der Waals surface area contributed by atoms with Gasteiger partial charge in [0.25, 0.3) is 5.91 Å². The normalized spacial score (nSPS) is 21.2. The molecule has 0 spiro atoms. The Hall–Kier alpha value is -2.04. The Morgan fingerprint density at radius 2 is 1.74 bits per heavy atom. The molecule has 0 aliphatic carbocycles. The number of aryl methyl sites for hydroxylation is 1. The number of ether oxygens (including phenoxy) is 1. The van der Waals surface area contributed by atoms with E-state index in [1.807, 2.05) is 36.1 Å². The van der Waals surface area contributed by atoms with Crippen molar-refractivity contribution in [1.82, 2.24) is 9.80 Å². The lowest BCUT2D eigenvalue weighted by atomic mass is 9.92. The highest BCUT2D eigenvalue weighted by atomic mass is 16.5. The number of hydrogen-bond acceptors (Lipinski definition) is 3. The molecule has 5 nitrogen and oxygen atoms in total. The van der Waals surface area contributed by atoms with Gasteiger partial charge in [0.2, 0.25) is 5.91 Å². The van der Waals surface area contributed by atoms with Gasteiger partial charge in [-0.15, -0.1) is 0 Å². The maximum absolute atomic E-state index is 12.9. The molecule has 2 saturated heterocycles. The highest BCUT2D eigenvalue weighted by molar-refractivity contribution is 5.81.